The molecule has 1 atom stereocenters. The second kappa shape index (κ2) is 8.67. The number of thioether (sulfide) groups is 1. The number of fused-ring (bicyclic) bond motifs is 1. The van der Waals surface area contributed by atoms with Gasteiger partial charge in [-0.25, -0.2) is 4.79 Å². The fourth-order valence-corrected chi connectivity index (χ4v) is 5.87. The van der Waals surface area contributed by atoms with Crippen molar-refractivity contribution in [3.05, 3.63) is 53.6 Å². The van der Waals surface area contributed by atoms with E-state index in [1.165, 1.54) is 25.6 Å². The van der Waals surface area contributed by atoms with Gasteiger partial charge in [-0.3, -0.25) is 0 Å². The van der Waals surface area contributed by atoms with Crippen molar-refractivity contribution in [1.29, 1.82) is 0 Å². The first-order valence-electron chi connectivity index (χ1n) is 10.2. The molecule has 0 radical (unpaired) electrons. The summed E-state index contributed by atoms with van der Waals surface area (Å²) in [7, 11) is 3.61. The highest BCUT2D eigenvalue weighted by Crippen LogP contribution is 2.48. The van der Waals surface area contributed by atoms with Gasteiger partial charge in [-0.05, 0) is 75.1 Å². The van der Waals surface area contributed by atoms with Crippen molar-refractivity contribution < 1.29 is 14.6 Å². The highest BCUT2D eigenvalue weighted by atomic mass is 32.2. The number of para-hydroxylation sites is 1. The summed E-state index contributed by atoms with van der Waals surface area (Å²) in [6.45, 7) is 3.09. The van der Waals surface area contributed by atoms with Gasteiger partial charge in [0.05, 0.1) is 23.7 Å². The molecule has 0 amide bonds. The zero-order valence-electron chi connectivity index (χ0n) is 17.0. The van der Waals surface area contributed by atoms with Crippen LogP contribution in [0.5, 0.6) is 5.75 Å². The van der Waals surface area contributed by atoms with E-state index in [4.69, 9.17) is 4.74 Å². The van der Waals surface area contributed by atoms with Crippen LogP contribution in [0.25, 0.3) is 0 Å². The standard InChI is InChI=1S/C23H28N2O3S/c1-24-12-9-17(10-13-24)22-25(14-11-16-5-3-4-6-20(16)26)19-8-7-18(23(27)28-2)15-21(19)29-22/h3-8,15,17,22,26H,9-14H2,1-2H3. The molecule has 2 heterocycles. The van der Waals surface area contributed by atoms with Crippen molar-refractivity contribution in [3.63, 3.8) is 0 Å². The van der Waals surface area contributed by atoms with Gasteiger partial charge in [0.25, 0.3) is 0 Å². The Morgan fingerprint density at radius 3 is 2.69 bits per heavy atom. The lowest BCUT2D eigenvalue weighted by Crippen LogP contribution is -2.42. The second-order valence-electron chi connectivity index (χ2n) is 7.90. The molecule has 1 fully saturated rings. The third kappa shape index (κ3) is 4.23. The SMILES string of the molecule is COC(=O)c1ccc2c(c1)SC(C1CCN(C)CC1)N2CCc1ccccc1O. The summed E-state index contributed by atoms with van der Waals surface area (Å²) in [4.78, 5) is 18.0. The van der Waals surface area contributed by atoms with Crippen LogP contribution in [0.2, 0.25) is 0 Å². The number of phenolic OH excluding ortho intramolecular Hbond substituents is 1. The molecule has 5 nitrogen and oxygen atoms in total. The van der Waals surface area contributed by atoms with E-state index in [0.717, 1.165) is 36.5 Å². The average Bonchev–Trinajstić information content (AvgIpc) is 3.10. The molecule has 1 saturated heterocycles. The minimum atomic E-state index is -0.295. The van der Waals surface area contributed by atoms with Crippen molar-refractivity contribution in [2.45, 2.75) is 29.5 Å². The van der Waals surface area contributed by atoms with Crippen LogP contribution in [0, 0.1) is 5.92 Å². The number of hydrogen-bond acceptors (Lipinski definition) is 6. The summed E-state index contributed by atoms with van der Waals surface area (Å²) in [6.07, 6.45) is 3.15. The molecule has 2 aromatic rings. The number of phenols is 1. The zero-order valence-corrected chi connectivity index (χ0v) is 17.8. The Morgan fingerprint density at radius 2 is 1.97 bits per heavy atom. The first kappa shape index (κ1) is 20.1. The van der Waals surface area contributed by atoms with E-state index >= 15 is 0 Å². The molecular formula is C23H28N2O3S. The third-order valence-corrected chi connectivity index (χ3v) is 7.49. The molecular weight excluding hydrogens is 384 g/mol. The van der Waals surface area contributed by atoms with E-state index in [-0.39, 0.29) is 5.97 Å². The summed E-state index contributed by atoms with van der Waals surface area (Å²) in [5.74, 6) is 0.669. The normalized spacial score (nSPS) is 19.9. The lowest BCUT2D eigenvalue weighted by molar-refractivity contribution is 0.0600. The maximum atomic E-state index is 12.0. The number of aromatic hydroxyl groups is 1. The van der Waals surface area contributed by atoms with Crippen LogP contribution in [-0.4, -0.2) is 55.1 Å². The predicted octanol–water partition coefficient (Wildman–Crippen LogP) is 4.00. The summed E-state index contributed by atoms with van der Waals surface area (Å²) in [6, 6.07) is 13.4. The number of hydrogen-bond donors (Lipinski definition) is 1. The molecule has 0 aromatic heterocycles. The molecule has 154 valence electrons. The minimum absolute atomic E-state index is 0.295. The van der Waals surface area contributed by atoms with Gasteiger partial charge in [-0.2, -0.15) is 0 Å². The quantitative estimate of drug-likeness (QED) is 0.749. The molecule has 2 aromatic carbocycles. The van der Waals surface area contributed by atoms with E-state index in [1.54, 1.807) is 6.07 Å². The molecule has 2 aliphatic rings. The molecule has 6 heteroatoms. The van der Waals surface area contributed by atoms with E-state index in [9.17, 15) is 9.90 Å². The minimum Gasteiger partial charge on any atom is -0.508 e. The lowest BCUT2D eigenvalue weighted by Gasteiger charge is -2.37. The first-order chi connectivity index (χ1) is 14.1. The molecule has 29 heavy (non-hydrogen) atoms. The highest BCUT2D eigenvalue weighted by molar-refractivity contribution is 8.00. The topological polar surface area (TPSA) is 53.0 Å². The molecule has 1 N–H and O–H groups in total. The number of carbonyl (C=O) groups is 1. The Morgan fingerprint density at radius 1 is 1.21 bits per heavy atom. The summed E-state index contributed by atoms with van der Waals surface area (Å²) in [5.41, 5.74) is 2.75. The van der Waals surface area contributed by atoms with Gasteiger partial charge < -0.3 is 19.6 Å². The summed E-state index contributed by atoms with van der Waals surface area (Å²) in [5, 5.41) is 10.5. The average molecular weight is 413 g/mol. The molecule has 0 saturated carbocycles. The van der Waals surface area contributed by atoms with Crippen LogP contribution in [0.15, 0.2) is 47.4 Å². The van der Waals surface area contributed by atoms with Gasteiger partial charge in [0.2, 0.25) is 0 Å². The summed E-state index contributed by atoms with van der Waals surface area (Å²) >= 11 is 1.87. The zero-order chi connectivity index (χ0) is 20.4. The van der Waals surface area contributed by atoms with Crippen LogP contribution < -0.4 is 4.90 Å². The Hall–Kier alpha value is -2.18. The molecule has 4 rings (SSSR count). The fourth-order valence-electron chi connectivity index (χ4n) is 4.30. The number of benzene rings is 2. The molecule has 0 aliphatic carbocycles. The smallest absolute Gasteiger partial charge is 0.337 e. The number of ether oxygens (including phenoxy) is 1. The number of piperidine rings is 1. The number of anilines is 1. The Balaban J connectivity index is 1.59. The Kier molecular flexibility index (Phi) is 6.01. The van der Waals surface area contributed by atoms with Crippen LogP contribution in [0.1, 0.15) is 28.8 Å². The number of carbonyl (C=O) groups excluding carboxylic acids is 1. The Labute approximate surface area is 176 Å². The fraction of sp³-hybridized carbons (Fsp3) is 0.435. The number of esters is 1. The van der Waals surface area contributed by atoms with Crippen LogP contribution in [0.3, 0.4) is 0 Å². The van der Waals surface area contributed by atoms with Crippen molar-refractivity contribution in [3.8, 4) is 5.75 Å². The van der Waals surface area contributed by atoms with Gasteiger partial charge in [-0.15, -0.1) is 0 Å². The van der Waals surface area contributed by atoms with E-state index in [0.29, 0.717) is 22.6 Å². The lowest BCUT2D eigenvalue weighted by atomic mass is 9.95. The maximum Gasteiger partial charge on any atom is 0.337 e. The number of rotatable bonds is 5. The number of nitrogens with zero attached hydrogens (tertiary/aromatic N) is 2. The molecule has 0 spiro atoms. The highest BCUT2D eigenvalue weighted by Gasteiger charge is 2.37. The molecule has 2 aliphatic heterocycles. The van der Waals surface area contributed by atoms with Gasteiger partial charge in [0, 0.05) is 11.4 Å². The van der Waals surface area contributed by atoms with Crippen molar-refractivity contribution in [1.82, 2.24) is 4.90 Å². The van der Waals surface area contributed by atoms with Crippen molar-refractivity contribution in [2.24, 2.45) is 5.92 Å². The first-order valence-corrected chi connectivity index (χ1v) is 11.1. The third-order valence-electron chi connectivity index (χ3n) is 6.03. The van der Waals surface area contributed by atoms with E-state index in [1.807, 2.05) is 48.2 Å². The van der Waals surface area contributed by atoms with Crippen LogP contribution in [0.4, 0.5) is 5.69 Å². The monoisotopic (exact) mass is 412 g/mol. The summed E-state index contributed by atoms with van der Waals surface area (Å²) < 4.78 is 4.90. The Bertz CT molecular complexity index is 880. The number of methoxy groups -OCH3 is 1. The predicted molar refractivity (Wildman–Crippen MR) is 117 cm³/mol. The van der Waals surface area contributed by atoms with Crippen molar-refractivity contribution in [2.75, 3.05) is 38.7 Å². The van der Waals surface area contributed by atoms with E-state index < -0.39 is 0 Å². The second-order valence-corrected chi connectivity index (χ2v) is 9.05. The molecule has 1 unspecified atom stereocenters. The van der Waals surface area contributed by atoms with E-state index in [2.05, 4.69) is 16.8 Å². The maximum absolute atomic E-state index is 12.0. The van der Waals surface area contributed by atoms with Gasteiger partial charge in [0.1, 0.15) is 5.75 Å². The van der Waals surface area contributed by atoms with Gasteiger partial charge in [0.15, 0.2) is 0 Å². The van der Waals surface area contributed by atoms with Crippen LogP contribution >= 0.6 is 11.8 Å². The molecule has 0 bridgehead atoms. The van der Waals surface area contributed by atoms with Crippen molar-refractivity contribution >= 4 is 23.4 Å². The van der Waals surface area contributed by atoms with Gasteiger partial charge in [-0.1, -0.05) is 30.0 Å². The van der Waals surface area contributed by atoms with Crippen LogP contribution in [-0.2, 0) is 11.2 Å². The largest absolute Gasteiger partial charge is 0.508 e. The van der Waals surface area contributed by atoms with Gasteiger partial charge >= 0.3 is 5.97 Å². The number of likely N-dealkylation sites (tertiary alicyclic amines) is 1.